The van der Waals surface area contributed by atoms with Gasteiger partial charge in [-0.15, -0.1) is 0 Å². The van der Waals surface area contributed by atoms with E-state index in [-0.39, 0.29) is 0 Å². The fourth-order valence-electron chi connectivity index (χ4n) is 2.16. The number of para-hydroxylation sites is 1. The normalized spacial score (nSPS) is 17.7. The van der Waals surface area contributed by atoms with Crippen molar-refractivity contribution in [3.63, 3.8) is 0 Å². The van der Waals surface area contributed by atoms with Crippen LogP contribution in [0.3, 0.4) is 0 Å². The molecule has 1 fully saturated rings. The van der Waals surface area contributed by atoms with Crippen molar-refractivity contribution < 1.29 is 0 Å². The Bertz CT molecular complexity index is 344. The molecule has 16 heavy (non-hydrogen) atoms. The summed E-state index contributed by atoms with van der Waals surface area (Å²) in [7, 11) is 0. The van der Waals surface area contributed by atoms with Crippen LogP contribution in [0.1, 0.15) is 38.7 Å². The molecule has 0 aromatic heterocycles. The Morgan fingerprint density at radius 1 is 1.38 bits per heavy atom. The molecule has 1 atom stereocenters. The van der Waals surface area contributed by atoms with Gasteiger partial charge in [0.25, 0.3) is 0 Å². The van der Waals surface area contributed by atoms with Gasteiger partial charge in [0, 0.05) is 24.3 Å². The Kier molecular flexibility index (Phi) is 3.49. The van der Waals surface area contributed by atoms with Gasteiger partial charge in [0.1, 0.15) is 0 Å². The Balaban J connectivity index is 2.08. The van der Waals surface area contributed by atoms with Gasteiger partial charge in [0.2, 0.25) is 0 Å². The molecule has 0 bridgehead atoms. The van der Waals surface area contributed by atoms with Crippen molar-refractivity contribution >= 4 is 5.69 Å². The predicted molar refractivity (Wildman–Crippen MR) is 69.2 cm³/mol. The maximum Gasteiger partial charge on any atom is 0.0359 e. The molecule has 0 spiro atoms. The summed E-state index contributed by atoms with van der Waals surface area (Å²) in [6.07, 6.45) is 3.93. The summed E-state index contributed by atoms with van der Waals surface area (Å²) in [5.41, 5.74) is 8.20. The van der Waals surface area contributed by atoms with Crippen LogP contribution in [0.25, 0.3) is 0 Å². The van der Waals surface area contributed by atoms with E-state index in [4.69, 9.17) is 5.73 Å². The van der Waals surface area contributed by atoms with E-state index in [1.54, 1.807) is 0 Å². The minimum atomic E-state index is 0.659. The zero-order valence-corrected chi connectivity index (χ0v) is 10.3. The zero-order chi connectivity index (χ0) is 11.5. The molecule has 0 saturated heterocycles. The van der Waals surface area contributed by atoms with E-state index in [0.717, 1.165) is 18.3 Å². The molecule has 2 nitrogen and oxygen atoms in total. The van der Waals surface area contributed by atoms with Gasteiger partial charge in [-0.25, -0.2) is 0 Å². The third-order valence-electron chi connectivity index (χ3n) is 3.58. The van der Waals surface area contributed by atoms with Gasteiger partial charge in [-0.05, 0) is 37.8 Å². The highest BCUT2D eigenvalue weighted by atomic mass is 15.2. The SMILES string of the molecule is CCC(C)N(Cc1ccccc1N)C1CC1. The maximum atomic E-state index is 6.00. The van der Waals surface area contributed by atoms with Crippen molar-refractivity contribution in [2.75, 3.05) is 5.73 Å². The van der Waals surface area contributed by atoms with Gasteiger partial charge in [0.15, 0.2) is 0 Å². The predicted octanol–water partition coefficient (Wildman–Crippen LogP) is 3.03. The van der Waals surface area contributed by atoms with E-state index >= 15 is 0 Å². The number of hydrogen-bond donors (Lipinski definition) is 1. The van der Waals surface area contributed by atoms with Crippen molar-refractivity contribution in [2.45, 2.75) is 51.7 Å². The first-order chi connectivity index (χ1) is 7.72. The molecule has 1 saturated carbocycles. The lowest BCUT2D eigenvalue weighted by atomic mass is 10.1. The van der Waals surface area contributed by atoms with Gasteiger partial charge >= 0.3 is 0 Å². The Morgan fingerprint density at radius 3 is 2.62 bits per heavy atom. The van der Waals surface area contributed by atoms with Gasteiger partial charge in [-0.3, -0.25) is 4.90 Å². The molecule has 1 aliphatic carbocycles. The zero-order valence-electron chi connectivity index (χ0n) is 10.3. The first kappa shape index (κ1) is 11.5. The Hall–Kier alpha value is -1.02. The summed E-state index contributed by atoms with van der Waals surface area (Å²) < 4.78 is 0. The minimum absolute atomic E-state index is 0.659. The molecule has 0 heterocycles. The van der Waals surface area contributed by atoms with Crippen LogP contribution in [0.2, 0.25) is 0 Å². The van der Waals surface area contributed by atoms with Gasteiger partial charge in [-0.2, -0.15) is 0 Å². The third-order valence-corrected chi connectivity index (χ3v) is 3.58. The molecule has 0 amide bonds. The molecule has 88 valence electrons. The number of rotatable bonds is 5. The smallest absolute Gasteiger partial charge is 0.0359 e. The molecule has 1 unspecified atom stereocenters. The molecular weight excluding hydrogens is 196 g/mol. The number of nitrogen functional groups attached to an aromatic ring is 1. The van der Waals surface area contributed by atoms with Crippen molar-refractivity contribution in [1.82, 2.24) is 4.90 Å². The minimum Gasteiger partial charge on any atom is -0.398 e. The van der Waals surface area contributed by atoms with Gasteiger partial charge in [0.05, 0.1) is 0 Å². The van der Waals surface area contributed by atoms with Crippen LogP contribution in [-0.2, 0) is 6.54 Å². The van der Waals surface area contributed by atoms with Crippen LogP contribution < -0.4 is 5.73 Å². The average molecular weight is 218 g/mol. The summed E-state index contributed by atoms with van der Waals surface area (Å²) in [5, 5.41) is 0. The second-order valence-electron chi connectivity index (χ2n) is 4.86. The molecule has 2 heteroatoms. The van der Waals surface area contributed by atoms with E-state index < -0.39 is 0 Å². The van der Waals surface area contributed by atoms with Gasteiger partial charge < -0.3 is 5.73 Å². The average Bonchev–Trinajstić information content (AvgIpc) is 3.11. The van der Waals surface area contributed by atoms with Gasteiger partial charge in [-0.1, -0.05) is 25.1 Å². The fraction of sp³-hybridized carbons (Fsp3) is 0.571. The summed E-state index contributed by atoms with van der Waals surface area (Å²) in [6.45, 7) is 5.58. The lowest BCUT2D eigenvalue weighted by Crippen LogP contribution is -2.34. The monoisotopic (exact) mass is 218 g/mol. The first-order valence-electron chi connectivity index (χ1n) is 6.31. The second kappa shape index (κ2) is 4.88. The fourth-order valence-corrected chi connectivity index (χ4v) is 2.16. The van der Waals surface area contributed by atoms with Crippen LogP contribution in [0.15, 0.2) is 24.3 Å². The van der Waals surface area contributed by atoms with Crippen LogP contribution >= 0.6 is 0 Å². The summed E-state index contributed by atoms with van der Waals surface area (Å²) >= 11 is 0. The number of nitrogens with zero attached hydrogens (tertiary/aromatic N) is 1. The number of anilines is 1. The first-order valence-corrected chi connectivity index (χ1v) is 6.31. The van der Waals surface area contributed by atoms with E-state index in [1.165, 1.54) is 24.8 Å². The lowest BCUT2D eigenvalue weighted by molar-refractivity contribution is 0.185. The molecule has 2 N–H and O–H groups in total. The molecule has 0 aliphatic heterocycles. The molecular formula is C14H22N2. The van der Waals surface area contributed by atoms with Crippen molar-refractivity contribution in [1.29, 1.82) is 0 Å². The van der Waals surface area contributed by atoms with E-state index in [9.17, 15) is 0 Å². The van der Waals surface area contributed by atoms with Crippen LogP contribution in [0.5, 0.6) is 0 Å². The molecule has 1 aliphatic rings. The Morgan fingerprint density at radius 2 is 2.06 bits per heavy atom. The number of hydrogen-bond acceptors (Lipinski definition) is 2. The van der Waals surface area contributed by atoms with Crippen LogP contribution in [0.4, 0.5) is 5.69 Å². The van der Waals surface area contributed by atoms with Crippen LogP contribution in [0, 0.1) is 0 Å². The largest absolute Gasteiger partial charge is 0.398 e. The molecule has 1 aromatic carbocycles. The quantitative estimate of drug-likeness (QED) is 0.770. The third kappa shape index (κ3) is 2.56. The standard InChI is InChI=1S/C14H22N2/c1-3-11(2)16(13-8-9-13)10-12-6-4-5-7-14(12)15/h4-7,11,13H,3,8-10,15H2,1-2H3. The van der Waals surface area contributed by atoms with E-state index in [1.807, 2.05) is 12.1 Å². The molecule has 1 aromatic rings. The summed E-state index contributed by atoms with van der Waals surface area (Å²) in [6, 6.07) is 9.68. The number of nitrogens with two attached hydrogens (primary N) is 1. The Labute approximate surface area is 98.4 Å². The molecule has 2 rings (SSSR count). The van der Waals surface area contributed by atoms with Crippen molar-refractivity contribution in [2.24, 2.45) is 0 Å². The number of benzene rings is 1. The lowest BCUT2D eigenvalue weighted by Gasteiger charge is -2.28. The topological polar surface area (TPSA) is 29.3 Å². The highest BCUT2D eigenvalue weighted by Gasteiger charge is 2.31. The second-order valence-corrected chi connectivity index (χ2v) is 4.86. The summed E-state index contributed by atoms with van der Waals surface area (Å²) in [5.74, 6) is 0. The van der Waals surface area contributed by atoms with Crippen LogP contribution in [-0.4, -0.2) is 17.0 Å². The maximum absolute atomic E-state index is 6.00. The van der Waals surface area contributed by atoms with E-state index in [0.29, 0.717) is 6.04 Å². The van der Waals surface area contributed by atoms with E-state index in [2.05, 4.69) is 30.9 Å². The highest BCUT2D eigenvalue weighted by molar-refractivity contribution is 5.46. The molecule has 0 radical (unpaired) electrons. The van der Waals surface area contributed by atoms with Crippen molar-refractivity contribution in [3.05, 3.63) is 29.8 Å². The van der Waals surface area contributed by atoms with Crippen molar-refractivity contribution in [3.8, 4) is 0 Å². The summed E-state index contributed by atoms with van der Waals surface area (Å²) in [4.78, 5) is 2.60. The highest BCUT2D eigenvalue weighted by Crippen LogP contribution is 2.31.